The number of benzene rings is 1. The molecule has 104 valence electrons. The zero-order chi connectivity index (χ0) is 13.8. The molecule has 1 unspecified atom stereocenters. The van der Waals surface area contributed by atoms with E-state index in [1.165, 1.54) is 0 Å². The van der Waals surface area contributed by atoms with Crippen LogP contribution in [0.2, 0.25) is 0 Å². The minimum Gasteiger partial charge on any atom is -0.485 e. The number of hydrogen-bond donors (Lipinski definition) is 1. The summed E-state index contributed by atoms with van der Waals surface area (Å²) in [6.07, 6.45) is 3.20. The molecule has 1 N–H and O–H groups in total. The number of hydrogen-bond acceptors (Lipinski definition) is 4. The Balaban J connectivity index is 2.09. The number of nitro benzene ring substituents is 1. The molecule has 1 fully saturated rings. The number of piperidine rings is 1. The third-order valence-electron chi connectivity index (χ3n) is 3.05. The van der Waals surface area contributed by atoms with Crippen molar-refractivity contribution < 1.29 is 14.1 Å². The van der Waals surface area contributed by atoms with E-state index in [0.717, 1.165) is 37.9 Å². The molecule has 5 nitrogen and oxygen atoms in total. The minimum absolute atomic E-state index is 0.0296. The molecule has 0 aliphatic carbocycles. The Bertz CT molecular complexity index is 478. The van der Waals surface area contributed by atoms with E-state index >= 15 is 0 Å². The molecule has 1 aliphatic heterocycles. The molecular weight excluding hydrogens is 319 g/mol. The molecule has 0 amide bonds. The molecule has 1 aliphatic rings. The van der Waals surface area contributed by atoms with Gasteiger partial charge in [-0.3, -0.25) is 10.1 Å². The Labute approximate surface area is 118 Å². The average molecular weight is 333 g/mol. The first-order chi connectivity index (χ1) is 9.08. The van der Waals surface area contributed by atoms with Gasteiger partial charge in [-0.2, -0.15) is 0 Å². The van der Waals surface area contributed by atoms with E-state index in [-0.39, 0.29) is 22.0 Å². The molecule has 7 heteroatoms. The fourth-order valence-corrected chi connectivity index (χ4v) is 2.36. The summed E-state index contributed by atoms with van der Waals surface area (Å²) in [7, 11) is 0. The summed E-state index contributed by atoms with van der Waals surface area (Å²) in [6, 6.07) is 2.34. The highest BCUT2D eigenvalue weighted by molar-refractivity contribution is 9.10. The zero-order valence-electron chi connectivity index (χ0n) is 10.2. The van der Waals surface area contributed by atoms with Gasteiger partial charge >= 0.3 is 5.69 Å². The van der Waals surface area contributed by atoms with Gasteiger partial charge in [-0.25, -0.2) is 4.39 Å². The van der Waals surface area contributed by atoms with Gasteiger partial charge in [0.25, 0.3) is 0 Å². The largest absolute Gasteiger partial charge is 0.485 e. The van der Waals surface area contributed by atoms with Gasteiger partial charge in [0.15, 0.2) is 5.75 Å². The van der Waals surface area contributed by atoms with Crippen molar-refractivity contribution in [2.45, 2.75) is 25.3 Å². The van der Waals surface area contributed by atoms with Crippen molar-refractivity contribution in [1.29, 1.82) is 0 Å². The van der Waals surface area contributed by atoms with Crippen LogP contribution in [0.4, 0.5) is 10.1 Å². The van der Waals surface area contributed by atoms with Crippen LogP contribution < -0.4 is 10.1 Å². The standard InChI is InChI=1S/C12H14BrFN2O3/c13-9-5-11(16(17)18)12(6-10(9)14)19-7-8-3-1-2-4-15-8/h5-6,8,15H,1-4,7H2. The molecule has 1 atom stereocenters. The summed E-state index contributed by atoms with van der Waals surface area (Å²) < 4.78 is 18.9. The second-order valence-electron chi connectivity index (χ2n) is 4.45. The molecule has 0 bridgehead atoms. The SMILES string of the molecule is O=[N+]([O-])c1cc(Br)c(F)cc1OCC1CCCCN1. The van der Waals surface area contributed by atoms with E-state index in [1.54, 1.807) is 0 Å². The maximum Gasteiger partial charge on any atom is 0.312 e. The molecule has 1 aromatic carbocycles. The van der Waals surface area contributed by atoms with Gasteiger partial charge in [0.05, 0.1) is 9.40 Å². The van der Waals surface area contributed by atoms with Crippen molar-refractivity contribution in [2.24, 2.45) is 0 Å². The number of rotatable bonds is 4. The number of nitrogens with zero attached hydrogens (tertiary/aromatic N) is 1. The minimum atomic E-state index is -0.576. The Morgan fingerprint density at radius 1 is 1.53 bits per heavy atom. The molecule has 0 spiro atoms. The van der Waals surface area contributed by atoms with Crippen LogP contribution >= 0.6 is 15.9 Å². The summed E-state index contributed by atoms with van der Waals surface area (Å²) >= 11 is 2.93. The highest BCUT2D eigenvalue weighted by Gasteiger charge is 2.21. The Hall–Kier alpha value is -1.21. The van der Waals surface area contributed by atoms with E-state index in [1.807, 2.05) is 0 Å². The second-order valence-corrected chi connectivity index (χ2v) is 5.30. The zero-order valence-corrected chi connectivity index (χ0v) is 11.8. The van der Waals surface area contributed by atoms with Crippen LogP contribution in [0, 0.1) is 15.9 Å². The van der Waals surface area contributed by atoms with Crippen LogP contribution in [-0.2, 0) is 0 Å². The molecule has 0 radical (unpaired) electrons. The van der Waals surface area contributed by atoms with Gasteiger partial charge < -0.3 is 10.1 Å². The van der Waals surface area contributed by atoms with Crippen molar-refractivity contribution in [3.05, 3.63) is 32.5 Å². The lowest BCUT2D eigenvalue weighted by molar-refractivity contribution is -0.386. The van der Waals surface area contributed by atoms with Crippen LogP contribution in [0.3, 0.4) is 0 Å². The van der Waals surface area contributed by atoms with Crippen molar-refractivity contribution in [3.63, 3.8) is 0 Å². The van der Waals surface area contributed by atoms with E-state index in [0.29, 0.717) is 6.61 Å². The fraction of sp³-hybridized carbons (Fsp3) is 0.500. The Morgan fingerprint density at radius 2 is 2.32 bits per heavy atom. The van der Waals surface area contributed by atoms with Crippen LogP contribution in [0.15, 0.2) is 16.6 Å². The fourth-order valence-electron chi connectivity index (χ4n) is 2.03. The number of halogens is 2. The van der Waals surface area contributed by atoms with E-state index in [2.05, 4.69) is 21.2 Å². The lowest BCUT2D eigenvalue weighted by atomic mass is 10.1. The monoisotopic (exact) mass is 332 g/mol. The molecular formula is C12H14BrFN2O3. The van der Waals surface area contributed by atoms with Crippen LogP contribution in [0.5, 0.6) is 5.75 Å². The Kier molecular flexibility index (Phi) is 4.71. The number of ether oxygens (including phenoxy) is 1. The summed E-state index contributed by atoms with van der Waals surface area (Å²) in [5.41, 5.74) is -0.232. The summed E-state index contributed by atoms with van der Waals surface area (Å²) in [6.45, 7) is 1.23. The molecule has 1 aromatic rings. The van der Waals surface area contributed by atoms with Crippen LogP contribution in [0.1, 0.15) is 19.3 Å². The Morgan fingerprint density at radius 3 is 2.95 bits per heavy atom. The van der Waals surface area contributed by atoms with E-state index in [4.69, 9.17) is 4.74 Å². The maximum absolute atomic E-state index is 13.4. The lowest BCUT2D eigenvalue weighted by Crippen LogP contribution is -2.38. The first kappa shape index (κ1) is 14.2. The molecule has 1 saturated heterocycles. The molecule has 19 heavy (non-hydrogen) atoms. The van der Waals surface area contributed by atoms with Crippen molar-refractivity contribution in [2.75, 3.05) is 13.2 Å². The third-order valence-corrected chi connectivity index (χ3v) is 3.66. The summed E-state index contributed by atoms with van der Waals surface area (Å²) in [4.78, 5) is 10.3. The van der Waals surface area contributed by atoms with Gasteiger partial charge in [0.1, 0.15) is 12.4 Å². The predicted octanol–water partition coefficient (Wildman–Crippen LogP) is 3.02. The summed E-state index contributed by atoms with van der Waals surface area (Å²) in [5, 5.41) is 14.2. The third kappa shape index (κ3) is 3.63. The van der Waals surface area contributed by atoms with E-state index < -0.39 is 10.7 Å². The second kappa shape index (κ2) is 6.29. The van der Waals surface area contributed by atoms with Crippen LogP contribution in [-0.4, -0.2) is 24.1 Å². The smallest absolute Gasteiger partial charge is 0.312 e. The van der Waals surface area contributed by atoms with Crippen molar-refractivity contribution in [3.8, 4) is 5.75 Å². The molecule has 1 heterocycles. The average Bonchev–Trinajstić information content (AvgIpc) is 2.40. The van der Waals surface area contributed by atoms with Gasteiger partial charge in [-0.05, 0) is 35.3 Å². The van der Waals surface area contributed by atoms with Gasteiger partial charge in [0.2, 0.25) is 0 Å². The first-order valence-electron chi connectivity index (χ1n) is 6.07. The topological polar surface area (TPSA) is 64.4 Å². The maximum atomic E-state index is 13.4. The quantitative estimate of drug-likeness (QED) is 0.680. The molecule has 0 aromatic heterocycles. The van der Waals surface area contributed by atoms with Crippen molar-refractivity contribution >= 4 is 21.6 Å². The highest BCUT2D eigenvalue weighted by atomic mass is 79.9. The molecule has 0 saturated carbocycles. The van der Waals surface area contributed by atoms with Gasteiger partial charge in [-0.15, -0.1) is 0 Å². The van der Waals surface area contributed by atoms with Crippen molar-refractivity contribution in [1.82, 2.24) is 5.32 Å². The van der Waals surface area contributed by atoms with Gasteiger partial charge in [-0.1, -0.05) is 6.42 Å². The normalized spacial score (nSPS) is 19.2. The number of nitro groups is 1. The number of nitrogens with one attached hydrogen (secondary N) is 1. The van der Waals surface area contributed by atoms with Gasteiger partial charge in [0, 0.05) is 18.2 Å². The van der Waals surface area contributed by atoms with Crippen LogP contribution in [0.25, 0.3) is 0 Å². The lowest BCUT2D eigenvalue weighted by Gasteiger charge is -2.23. The highest BCUT2D eigenvalue weighted by Crippen LogP contribution is 2.32. The molecule has 2 rings (SSSR count). The summed E-state index contributed by atoms with van der Waals surface area (Å²) in [5.74, 6) is -0.602. The predicted molar refractivity (Wildman–Crippen MR) is 71.9 cm³/mol. The van der Waals surface area contributed by atoms with E-state index in [9.17, 15) is 14.5 Å². The first-order valence-corrected chi connectivity index (χ1v) is 6.87.